The fourth-order valence-corrected chi connectivity index (χ4v) is 3.88. The van der Waals surface area contributed by atoms with E-state index in [9.17, 15) is 4.79 Å². The van der Waals surface area contributed by atoms with Crippen molar-refractivity contribution < 1.29 is 9.53 Å². The summed E-state index contributed by atoms with van der Waals surface area (Å²) in [6, 6.07) is 4.14. The number of fused-ring (bicyclic) bond motifs is 1. The molecule has 1 amide bonds. The lowest BCUT2D eigenvalue weighted by atomic mass is 9.99. The van der Waals surface area contributed by atoms with Gasteiger partial charge in [0.25, 0.3) is 5.91 Å². The van der Waals surface area contributed by atoms with Gasteiger partial charge < -0.3 is 14.5 Å². The molecule has 26 heavy (non-hydrogen) atoms. The van der Waals surface area contributed by atoms with Crippen LogP contribution >= 0.6 is 0 Å². The Hall–Kier alpha value is -2.47. The number of morpholine rings is 1. The van der Waals surface area contributed by atoms with Gasteiger partial charge in [-0.05, 0) is 31.9 Å². The molecule has 2 aromatic rings. The van der Waals surface area contributed by atoms with Gasteiger partial charge >= 0.3 is 0 Å². The second kappa shape index (κ2) is 6.68. The molecule has 6 nitrogen and oxygen atoms in total. The van der Waals surface area contributed by atoms with E-state index in [0.29, 0.717) is 26.3 Å². The molecule has 0 atom stereocenters. The van der Waals surface area contributed by atoms with Crippen LogP contribution in [0.15, 0.2) is 18.3 Å². The van der Waals surface area contributed by atoms with Gasteiger partial charge in [0.2, 0.25) is 5.95 Å². The Bertz CT molecular complexity index is 836. The smallest absolute Gasteiger partial charge is 0.255 e. The third-order valence-corrected chi connectivity index (χ3v) is 5.12. The molecule has 0 N–H and O–H groups in total. The van der Waals surface area contributed by atoms with Crippen LogP contribution in [0.2, 0.25) is 0 Å². The van der Waals surface area contributed by atoms with Gasteiger partial charge in [0.1, 0.15) is 0 Å². The number of anilines is 1. The van der Waals surface area contributed by atoms with Crippen LogP contribution in [0.1, 0.15) is 38.3 Å². The normalized spacial score (nSPS) is 16.7. The maximum absolute atomic E-state index is 13.1. The van der Waals surface area contributed by atoms with Crippen LogP contribution in [0.5, 0.6) is 0 Å². The fourth-order valence-electron chi connectivity index (χ4n) is 3.88. The van der Waals surface area contributed by atoms with Crippen molar-refractivity contribution in [1.29, 1.82) is 0 Å². The number of benzene rings is 1. The van der Waals surface area contributed by atoms with Crippen molar-refractivity contribution in [3.05, 3.63) is 51.8 Å². The predicted molar refractivity (Wildman–Crippen MR) is 99.3 cm³/mol. The van der Waals surface area contributed by atoms with Gasteiger partial charge in [0.15, 0.2) is 0 Å². The molecule has 136 valence electrons. The lowest BCUT2D eigenvalue weighted by Crippen LogP contribution is -2.37. The van der Waals surface area contributed by atoms with Gasteiger partial charge in [-0.2, -0.15) is 0 Å². The van der Waals surface area contributed by atoms with Crippen LogP contribution in [-0.2, 0) is 17.8 Å². The van der Waals surface area contributed by atoms with Crippen LogP contribution in [0.25, 0.3) is 0 Å². The molecule has 1 aromatic carbocycles. The average Bonchev–Trinajstić information content (AvgIpc) is 3.05. The zero-order valence-corrected chi connectivity index (χ0v) is 15.6. The number of ether oxygens (including phenoxy) is 1. The van der Waals surface area contributed by atoms with E-state index in [0.717, 1.165) is 47.0 Å². The minimum Gasteiger partial charge on any atom is -0.378 e. The summed E-state index contributed by atoms with van der Waals surface area (Å²) in [5, 5.41) is 0. The number of amides is 1. The van der Waals surface area contributed by atoms with E-state index in [1.165, 1.54) is 5.56 Å². The summed E-state index contributed by atoms with van der Waals surface area (Å²) < 4.78 is 5.39. The number of carbonyl (C=O) groups is 1. The molecule has 0 saturated carbocycles. The summed E-state index contributed by atoms with van der Waals surface area (Å²) in [7, 11) is 0. The Balaban J connectivity index is 1.56. The molecule has 3 heterocycles. The summed E-state index contributed by atoms with van der Waals surface area (Å²) in [6.45, 7) is 10.2. The molecule has 0 radical (unpaired) electrons. The minimum atomic E-state index is 0.0749. The average molecular weight is 352 g/mol. The highest BCUT2D eigenvalue weighted by atomic mass is 16.5. The molecular weight excluding hydrogens is 328 g/mol. The van der Waals surface area contributed by atoms with Crippen LogP contribution in [-0.4, -0.2) is 47.1 Å². The molecule has 0 spiro atoms. The first-order valence-corrected chi connectivity index (χ1v) is 9.07. The predicted octanol–water partition coefficient (Wildman–Crippen LogP) is 2.39. The monoisotopic (exact) mass is 352 g/mol. The topological polar surface area (TPSA) is 58.6 Å². The molecule has 2 aliphatic rings. The Kier molecular flexibility index (Phi) is 4.36. The largest absolute Gasteiger partial charge is 0.378 e. The first kappa shape index (κ1) is 17.0. The van der Waals surface area contributed by atoms with Crippen molar-refractivity contribution in [1.82, 2.24) is 14.9 Å². The maximum atomic E-state index is 13.1. The molecule has 2 aliphatic heterocycles. The van der Waals surface area contributed by atoms with E-state index in [-0.39, 0.29) is 5.91 Å². The summed E-state index contributed by atoms with van der Waals surface area (Å²) in [4.78, 5) is 26.4. The Morgan fingerprint density at radius 2 is 1.77 bits per heavy atom. The van der Waals surface area contributed by atoms with E-state index in [4.69, 9.17) is 9.72 Å². The minimum absolute atomic E-state index is 0.0749. The quantitative estimate of drug-likeness (QED) is 0.831. The number of rotatable bonds is 2. The zero-order valence-electron chi connectivity index (χ0n) is 15.6. The van der Waals surface area contributed by atoms with Crippen LogP contribution in [0.3, 0.4) is 0 Å². The van der Waals surface area contributed by atoms with Gasteiger partial charge in [0.05, 0.1) is 25.5 Å². The van der Waals surface area contributed by atoms with Crippen molar-refractivity contribution in [3.8, 4) is 0 Å². The van der Waals surface area contributed by atoms with Crippen molar-refractivity contribution in [2.45, 2.75) is 33.9 Å². The molecular formula is C20H24N4O2. The van der Waals surface area contributed by atoms with Gasteiger partial charge in [-0.3, -0.25) is 4.79 Å². The summed E-state index contributed by atoms with van der Waals surface area (Å²) in [5.74, 6) is 0.815. The molecule has 1 saturated heterocycles. The van der Waals surface area contributed by atoms with Gasteiger partial charge in [-0.15, -0.1) is 0 Å². The van der Waals surface area contributed by atoms with E-state index >= 15 is 0 Å². The maximum Gasteiger partial charge on any atom is 0.255 e. The fraction of sp³-hybridized carbons (Fsp3) is 0.450. The van der Waals surface area contributed by atoms with Crippen molar-refractivity contribution >= 4 is 11.9 Å². The third kappa shape index (κ3) is 3.05. The number of nitrogens with zero attached hydrogens (tertiary/aromatic N) is 4. The molecule has 0 aliphatic carbocycles. The second-order valence-corrected chi connectivity index (χ2v) is 7.18. The Labute approximate surface area is 153 Å². The number of carbonyl (C=O) groups excluding carboxylic acids is 1. The van der Waals surface area contributed by atoms with Gasteiger partial charge in [-0.1, -0.05) is 17.7 Å². The molecule has 0 bridgehead atoms. The molecule has 1 aromatic heterocycles. The first-order chi connectivity index (χ1) is 12.5. The van der Waals surface area contributed by atoms with Gasteiger partial charge in [0, 0.05) is 37.0 Å². The Morgan fingerprint density at radius 1 is 1.08 bits per heavy atom. The van der Waals surface area contributed by atoms with E-state index < -0.39 is 0 Å². The molecule has 4 rings (SSSR count). The standard InChI is InChI=1S/C20H24N4O2/c1-13-8-14(2)18(15(3)9-13)19(25)24-11-16-10-21-20(22-17(16)12-24)23-4-6-26-7-5-23/h8-10H,4-7,11-12H2,1-3H3. The number of aryl methyl sites for hydroxylation is 3. The number of aromatic nitrogens is 2. The molecule has 0 unspecified atom stereocenters. The number of hydrogen-bond donors (Lipinski definition) is 0. The second-order valence-electron chi connectivity index (χ2n) is 7.18. The van der Waals surface area contributed by atoms with Crippen molar-refractivity contribution in [3.63, 3.8) is 0 Å². The van der Waals surface area contributed by atoms with Crippen LogP contribution in [0.4, 0.5) is 5.95 Å². The van der Waals surface area contributed by atoms with Crippen LogP contribution in [0, 0.1) is 20.8 Å². The lowest BCUT2D eigenvalue weighted by molar-refractivity contribution is 0.0749. The van der Waals surface area contributed by atoms with Crippen molar-refractivity contribution in [2.75, 3.05) is 31.2 Å². The number of hydrogen-bond acceptors (Lipinski definition) is 5. The summed E-state index contributed by atoms with van der Waals surface area (Å²) >= 11 is 0. The Morgan fingerprint density at radius 3 is 2.46 bits per heavy atom. The van der Waals surface area contributed by atoms with E-state index in [1.54, 1.807) is 0 Å². The first-order valence-electron chi connectivity index (χ1n) is 9.07. The SMILES string of the molecule is Cc1cc(C)c(C(=O)N2Cc3cnc(N4CCOCC4)nc3C2)c(C)c1. The van der Waals surface area contributed by atoms with Crippen LogP contribution < -0.4 is 4.90 Å². The van der Waals surface area contributed by atoms with E-state index in [2.05, 4.69) is 28.9 Å². The third-order valence-electron chi connectivity index (χ3n) is 5.12. The zero-order chi connectivity index (χ0) is 18.3. The summed E-state index contributed by atoms with van der Waals surface area (Å²) in [6.07, 6.45) is 1.87. The highest BCUT2D eigenvalue weighted by Gasteiger charge is 2.28. The highest BCUT2D eigenvalue weighted by molar-refractivity contribution is 5.97. The lowest BCUT2D eigenvalue weighted by Gasteiger charge is -2.26. The molecule has 6 heteroatoms. The summed E-state index contributed by atoms with van der Waals surface area (Å²) in [5.41, 5.74) is 6.05. The van der Waals surface area contributed by atoms with Crippen molar-refractivity contribution in [2.24, 2.45) is 0 Å². The van der Waals surface area contributed by atoms with Gasteiger partial charge in [-0.25, -0.2) is 9.97 Å². The molecule has 1 fully saturated rings. The highest BCUT2D eigenvalue weighted by Crippen LogP contribution is 2.26. The van der Waals surface area contributed by atoms with E-state index in [1.807, 2.05) is 24.9 Å².